The van der Waals surface area contributed by atoms with Gasteiger partial charge in [0.15, 0.2) is 0 Å². The molecule has 0 N–H and O–H groups in total. The zero-order valence-corrected chi connectivity index (χ0v) is 12.7. The van der Waals surface area contributed by atoms with Gasteiger partial charge in [-0.15, -0.1) is 0 Å². The second-order valence-electron chi connectivity index (χ2n) is 4.95. The van der Waals surface area contributed by atoms with Crippen LogP contribution in [0.25, 0.3) is 0 Å². The van der Waals surface area contributed by atoms with Crippen LogP contribution >= 0.6 is 11.6 Å². The van der Waals surface area contributed by atoms with Crippen LogP contribution in [-0.4, -0.2) is 42.6 Å². The summed E-state index contributed by atoms with van der Waals surface area (Å²) in [5, 5.41) is 0.274. The lowest BCUT2D eigenvalue weighted by Gasteiger charge is -2.30. The summed E-state index contributed by atoms with van der Waals surface area (Å²) in [7, 11) is 6.18. The summed E-state index contributed by atoms with van der Waals surface area (Å²) in [6, 6.07) is 12.6. The van der Waals surface area contributed by atoms with Crippen molar-refractivity contribution in [3.8, 4) is 0 Å². The normalized spacial score (nSPS) is 12.4. The van der Waals surface area contributed by atoms with Gasteiger partial charge in [-0.3, -0.25) is 0 Å². The number of hydrogen-bond acceptors (Lipinski definition) is 4. The third-order valence-corrected chi connectivity index (χ3v) is 3.44. The van der Waals surface area contributed by atoms with Crippen LogP contribution in [0.5, 0.6) is 0 Å². The van der Waals surface area contributed by atoms with Crippen molar-refractivity contribution in [2.45, 2.75) is 6.04 Å². The fraction of sp³-hybridized carbons (Fsp3) is 0.333. The summed E-state index contributed by atoms with van der Waals surface area (Å²) in [5.41, 5.74) is 1.28. The van der Waals surface area contributed by atoms with Crippen molar-refractivity contribution in [1.29, 1.82) is 0 Å². The van der Waals surface area contributed by atoms with Crippen molar-refractivity contribution in [1.82, 2.24) is 14.9 Å². The average molecular weight is 291 g/mol. The highest BCUT2D eigenvalue weighted by atomic mass is 35.5. The molecule has 1 aromatic carbocycles. The van der Waals surface area contributed by atoms with Crippen LogP contribution in [0.4, 0.5) is 5.82 Å². The van der Waals surface area contributed by atoms with Crippen LogP contribution < -0.4 is 4.90 Å². The molecule has 0 aliphatic heterocycles. The molecule has 0 spiro atoms. The Balaban J connectivity index is 2.17. The maximum Gasteiger partial charge on any atom is 0.224 e. The van der Waals surface area contributed by atoms with Gasteiger partial charge >= 0.3 is 0 Å². The van der Waals surface area contributed by atoms with E-state index in [0.29, 0.717) is 0 Å². The number of likely N-dealkylation sites (N-methyl/N-ethyl adjacent to an activating group) is 2. The maximum absolute atomic E-state index is 5.85. The average Bonchev–Trinajstić information content (AvgIpc) is 2.45. The molecule has 20 heavy (non-hydrogen) atoms. The molecular formula is C15H19ClN4. The number of aromatic nitrogens is 2. The summed E-state index contributed by atoms with van der Waals surface area (Å²) in [4.78, 5) is 12.4. The van der Waals surface area contributed by atoms with Crippen LogP contribution in [0.2, 0.25) is 5.28 Å². The molecule has 2 aromatic rings. The van der Waals surface area contributed by atoms with E-state index in [-0.39, 0.29) is 11.3 Å². The van der Waals surface area contributed by atoms with Gasteiger partial charge in [-0.2, -0.15) is 0 Å². The third kappa shape index (κ3) is 3.68. The minimum absolute atomic E-state index is 0.274. The molecule has 0 unspecified atom stereocenters. The summed E-state index contributed by atoms with van der Waals surface area (Å²) in [6.45, 7) is 0.824. The highest BCUT2D eigenvalue weighted by Crippen LogP contribution is 2.21. The topological polar surface area (TPSA) is 32.3 Å². The third-order valence-electron chi connectivity index (χ3n) is 3.26. The summed E-state index contributed by atoms with van der Waals surface area (Å²) < 4.78 is 0. The van der Waals surface area contributed by atoms with Gasteiger partial charge < -0.3 is 9.80 Å². The van der Waals surface area contributed by atoms with Crippen LogP contribution in [0.3, 0.4) is 0 Å². The lowest BCUT2D eigenvalue weighted by Crippen LogP contribution is -2.32. The molecule has 2 rings (SSSR count). The number of anilines is 1. The first-order valence-electron chi connectivity index (χ1n) is 6.49. The number of halogens is 1. The van der Waals surface area contributed by atoms with E-state index in [1.54, 1.807) is 6.20 Å². The number of nitrogens with zero attached hydrogens (tertiary/aromatic N) is 4. The van der Waals surface area contributed by atoms with E-state index in [2.05, 4.69) is 58.1 Å². The summed E-state index contributed by atoms with van der Waals surface area (Å²) in [5.74, 6) is 0.827. The number of benzene rings is 1. The molecule has 4 nitrogen and oxygen atoms in total. The van der Waals surface area contributed by atoms with Crippen molar-refractivity contribution in [3.63, 3.8) is 0 Å². The zero-order chi connectivity index (χ0) is 14.5. The van der Waals surface area contributed by atoms with Gasteiger partial charge in [0.05, 0.1) is 6.04 Å². The van der Waals surface area contributed by atoms with Crippen molar-refractivity contribution in [2.24, 2.45) is 0 Å². The van der Waals surface area contributed by atoms with E-state index < -0.39 is 0 Å². The van der Waals surface area contributed by atoms with Gasteiger partial charge in [0, 0.05) is 19.8 Å². The van der Waals surface area contributed by atoms with Gasteiger partial charge in [-0.25, -0.2) is 9.97 Å². The van der Waals surface area contributed by atoms with E-state index in [9.17, 15) is 0 Å². The first-order chi connectivity index (χ1) is 9.58. The van der Waals surface area contributed by atoms with Crippen molar-refractivity contribution < 1.29 is 0 Å². The zero-order valence-electron chi connectivity index (χ0n) is 12.0. The van der Waals surface area contributed by atoms with Gasteiger partial charge in [-0.1, -0.05) is 30.3 Å². The maximum atomic E-state index is 5.85. The molecule has 0 saturated carbocycles. The molecule has 0 bridgehead atoms. The molecule has 0 saturated heterocycles. The molecule has 1 atom stereocenters. The van der Waals surface area contributed by atoms with E-state index in [1.165, 1.54) is 5.56 Å². The molecule has 0 aliphatic rings. The molecule has 5 heteroatoms. The lowest BCUT2D eigenvalue weighted by atomic mass is 10.1. The second kappa shape index (κ2) is 6.68. The van der Waals surface area contributed by atoms with E-state index in [0.717, 1.165) is 12.4 Å². The van der Waals surface area contributed by atoms with Gasteiger partial charge in [0.25, 0.3) is 0 Å². The Morgan fingerprint density at radius 2 is 1.80 bits per heavy atom. The highest BCUT2D eigenvalue weighted by Gasteiger charge is 2.17. The predicted octanol–water partition coefficient (Wildman–Crippen LogP) is 2.87. The molecule has 0 amide bonds. The van der Waals surface area contributed by atoms with Crippen LogP contribution in [0.15, 0.2) is 42.6 Å². The Labute approximate surface area is 125 Å². The van der Waals surface area contributed by atoms with Crippen molar-refractivity contribution in [3.05, 3.63) is 53.4 Å². The predicted molar refractivity (Wildman–Crippen MR) is 83.2 cm³/mol. The summed E-state index contributed by atoms with van der Waals surface area (Å²) >= 11 is 5.85. The number of hydrogen-bond donors (Lipinski definition) is 0. The van der Waals surface area contributed by atoms with Gasteiger partial charge in [0.1, 0.15) is 5.82 Å². The molecule has 1 aromatic heterocycles. The second-order valence-corrected chi connectivity index (χ2v) is 5.29. The van der Waals surface area contributed by atoms with Gasteiger partial charge in [-0.05, 0) is 37.3 Å². The van der Waals surface area contributed by atoms with E-state index in [4.69, 9.17) is 11.6 Å². The molecule has 0 aliphatic carbocycles. The minimum Gasteiger partial charge on any atom is -0.358 e. The van der Waals surface area contributed by atoms with Crippen LogP contribution in [0, 0.1) is 0 Å². The molecular weight excluding hydrogens is 272 g/mol. The standard InChI is InChI=1S/C15H19ClN4/c1-19(2)13(12-7-5-4-6-8-12)11-20(3)14-9-10-17-15(16)18-14/h4-10,13H,11H2,1-3H3/t13-/m1/s1. The molecule has 1 heterocycles. The van der Waals surface area contributed by atoms with Crippen LogP contribution in [0.1, 0.15) is 11.6 Å². The van der Waals surface area contributed by atoms with Crippen molar-refractivity contribution in [2.75, 3.05) is 32.6 Å². The van der Waals surface area contributed by atoms with Gasteiger partial charge in [0.2, 0.25) is 5.28 Å². The summed E-state index contributed by atoms with van der Waals surface area (Å²) in [6.07, 6.45) is 1.67. The molecule has 106 valence electrons. The van der Waals surface area contributed by atoms with Crippen LogP contribution in [-0.2, 0) is 0 Å². The quantitative estimate of drug-likeness (QED) is 0.793. The van der Waals surface area contributed by atoms with E-state index >= 15 is 0 Å². The first kappa shape index (κ1) is 14.8. The Morgan fingerprint density at radius 1 is 1.10 bits per heavy atom. The Bertz CT molecular complexity index is 545. The smallest absolute Gasteiger partial charge is 0.224 e. The Morgan fingerprint density at radius 3 is 2.40 bits per heavy atom. The Kier molecular flexibility index (Phi) is 4.93. The monoisotopic (exact) mass is 290 g/mol. The first-order valence-corrected chi connectivity index (χ1v) is 6.87. The molecule has 0 fully saturated rings. The number of rotatable bonds is 5. The minimum atomic E-state index is 0.274. The SMILES string of the molecule is CN(C[C@H](c1ccccc1)N(C)C)c1ccnc(Cl)n1. The lowest BCUT2D eigenvalue weighted by molar-refractivity contribution is 0.303. The fourth-order valence-electron chi connectivity index (χ4n) is 2.13. The van der Waals surface area contributed by atoms with Crippen molar-refractivity contribution >= 4 is 17.4 Å². The Hall–Kier alpha value is -1.65. The largest absolute Gasteiger partial charge is 0.358 e. The highest BCUT2D eigenvalue weighted by molar-refractivity contribution is 6.28. The molecule has 0 radical (unpaired) electrons. The fourth-order valence-corrected chi connectivity index (χ4v) is 2.28. The van der Waals surface area contributed by atoms with E-state index in [1.807, 2.05) is 19.2 Å².